The number of fused-ring (bicyclic) bond motifs is 4. The van der Waals surface area contributed by atoms with Crippen LogP contribution in [-0.2, 0) is 12.8 Å². The Hall–Kier alpha value is -2.00. The van der Waals surface area contributed by atoms with Gasteiger partial charge in [0, 0.05) is 11.6 Å². The molecule has 2 aliphatic heterocycles. The first-order valence-electron chi connectivity index (χ1n) is 7.19. The lowest BCUT2D eigenvalue weighted by Crippen LogP contribution is -2.33. The molecule has 2 aromatic rings. The monoisotopic (exact) mass is 265 g/mol. The average molecular weight is 265 g/mol. The molecule has 2 aromatic carbocycles. The maximum atomic E-state index is 5.78. The van der Waals surface area contributed by atoms with E-state index in [2.05, 4.69) is 35.6 Å². The molecular weight excluding hydrogens is 250 g/mol. The van der Waals surface area contributed by atoms with Gasteiger partial charge in [-0.2, -0.15) is 0 Å². The minimum atomic E-state index is 0.339. The Morgan fingerprint density at radius 2 is 2.05 bits per heavy atom. The molecule has 0 saturated heterocycles. The summed E-state index contributed by atoms with van der Waals surface area (Å²) in [6, 6.07) is 11.3. The minimum absolute atomic E-state index is 0.339. The van der Waals surface area contributed by atoms with Gasteiger partial charge in [0.05, 0.1) is 0 Å². The third-order valence-electron chi connectivity index (χ3n) is 4.63. The molecule has 1 N–H and O–H groups in total. The second kappa shape index (κ2) is 3.76. The molecule has 100 valence electrons. The van der Waals surface area contributed by atoms with Crippen molar-refractivity contribution in [3.8, 4) is 22.6 Å². The van der Waals surface area contributed by atoms with Crippen molar-refractivity contribution in [3.05, 3.63) is 47.0 Å². The van der Waals surface area contributed by atoms with Crippen LogP contribution in [0.5, 0.6) is 11.5 Å². The zero-order valence-electron chi connectivity index (χ0n) is 11.1. The summed E-state index contributed by atoms with van der Waals surface area (Å²) >= 11 is 0. The molecule has 0 amide bonds. The molecule has 20 heavy (non-hydrogen) atoms. The van der Waals surface area contributed by atoms with Crippen LogP contribution in [0, 0.1) is 0 Å². The predicted octanol–water partition coefficient (Wildman–Crippen LogP) is 2.83. The molecule has 3 aliphatic rings. The zero-order chi connectivity index (χ0) is 13.1. The number of rotatable bonds is 0. The molecule has 0 unspecified atom stereocenters. The SMILES string of the molecule is c1ccc2c(c1)C[C@H]1NCCc3cc4c(c-2c31)OCO4. The Labute approximate surface area is 117 Å². The molecule has 3 heteroatoms. The molecule has 5 rings (SSSR count). The van der Waals surface area contributed by atoms with Gasteiger partial charge in [-0.15, -0.1) is 0 Å². The van der Waals surface area contributed by atoms with E-state index in [0.29, 0.717) is 12.8 Å². The van der Waals surface area contributed by atoms with Crippen LogP contribution in [0.3, 0.4) is 0 Å². The molecule has 1 aliphatic carbocycles. The Morgan fingerprint density at radius 3 is 3.05 bits per heavy atom. The van der Waals surface area contributed by atoms with Gasteiger partial charge >= 0.3 is 0 Å². The van der Waals surface area contributed by atoms with Gasteiger partial charge in [0.2, 0.25) is 6.79 Å². The summed E-state index contributed by atoms with van der Waals surface area (Å²) in [6.07, 6.45) is 2.13. The summed E-state index contributed by atoms with van der Waals surface area (Å²) < 4.78 is 11.4. The lowest BCUT2D eigenvalue weighted by molar-refractivity contribution is 0.174. The van der Waals surface area contributed by atoms with E-state index in [1.54, 1.807) is 0 Å². The van der Waals surface area contributed by atoms with Gasteiger partial charge in [-0.1, -0.05) is 24.3 Å². The van der Waals surface area contributed by atoms with E-state index in [4.69, 9.17) is 9.47 Å². The smallest absolute Gasteiger partial charge is 0.231 e. The molecule has 0 aromatic heterocycles. The predicted molar refractivity (Wildman–Crippen MR) is 76.2 cm³/mol. The van der Waals surface area contributed by atoms with E-state index in [1.807, 2.05) is 0 Å². The minimum Gasteiger partial charge on any atom is -0.454 e. The van der Waals surface area contributed by atoms with E-state index >= 15 is 0 Å². The van der Waals surface area contributed by atoms with Gasteiger partial charge < -0.3 is 14.8 Å². The Kier molecular flexibility index (Phi) is 2.02. The first-order valence-corrected chi connectivity index (χ1v) is 7.19. The van der Waals surface area contributed by atoms with Gasteiger partial charge in [-0.25, -0.2) is 0 Å². The fraction of sp³-hybridized carbons (Fsp3) is 0.294. The summed E-state index contributed by atoms with van der Waals surface area (Å²) in [5, 5.41) is 3.65. The van der Waals surface area contributed by atoms with Crippen molar-refractivity contribution in [2.45, 2.75) is 18.9 Å². The van der Waals surface area contributed by atoms with Gasteiger partial charge in [-0.3, -0.25) is 0 Å². The van der Waals surface area contributed by atoms with Crippen molar-refractivity contribution in [3.63, 3.8) is 0 Å². The largest absolute Gasteiger partial charge is 0.454 e. The highest BCUT2D eigenvalue weighted by molar-refractivity contribution is 5.83. The van der Waals surface area contributed by atoms with Crippen molar-refractivity contribution in [1.82, 2.24) is 5.32 Å². The second-order valence-electron chi connectivity index (χ2n) is 5.68. The Morgan fingerprint density at radius 1 is 1.10 bits per heavy atom. The van der Waals surface area contributed by atoms with E-state index in [-0.39, 0.29) is 0 Å². The topological polar surface area (TPSA) is 30.5 Å². The maximum Gasteiger partial charge on any atom is 0.231 e. The number of hydrogen-bond donors (Lipinski definition) is 1. The van der Waals surface area contributed by atoms with Gasteiger partial charge in [0.15, 0.2) is 11.5 Å². The molecular formula is C17H15NO2. The summed E-state index contributed by atoms with van der Waals surface area (Å²) in [7, 11) is 0. The zero-order valence-corrected chi connectivity index (χ0v) is 11.1. The van der Waals surface area contributed by atoms with E-state index < -0.39 is 0 Å². The van der Waals surface area contributed by atoms with Crippen LogP contribution in [0.4, 0.5) is 0 Å². The maximum absolute atomic E-state index is 5.78. The highest BCUT2D eigenvalue weighted by Gasteiger charge is 2.34. The van der Waals surface area contributed by atoms with Crippen molar-refractivity contribution in [2.75, 3.05) is 13.3 Å². The average Bonchev–Trinajstić information content (AvgIpc) is 2.95. The number of ether oxygens (including phenoxy) is 2. The molecule has 0 fully saturated rings. The van der Waals surface area contributed by atoms with Crippen LogP contribution in [-0.4, -0.2) is 13.3 Å². The Bertz CT molecular complexity index is 723. The lowest BCUT2D eigenvalue weighted by atomic mass is 9.77. The molecule has 0 bridgehead atoms. The normalized spacial score (nSPS) is 21.3. The lowest BCUT2D eigenvalue weighted by Gasteiger charge is -2.34. The molecule has 0 spiro atoms. The fourth-order valence-corrected chi connectivity index (χ4v) is 3.80. The van der Waals surface area contributed by atoms with Crippen LogP contribution in [0.25, 0.3) is 11.1 Å². The molecule has 0 radical (unpaired) electrons. The number of hydrogen-bond acceptors (Lipinski definition) is 3. The van der Waals surface area contributed by atoms with Gasteiger partial charge in [0.1, 0.15) is 0 Å². The van der Waals surface area contributed by atoms with E-state index in [0.717, 1.165) is 30.9 Å². The van der Waals surface area contributed by atoms with Crippen LogP contribution in [0.1, 0.15) is 22.7 Å². The van der Waals surface area contributed by atoms with Crippen molar-refractivity contribution in [2.24, 2.45) is 0 Å². The third-order valence-corrected chi connectivity index (χ3v) is 4.63. The first-order chi connectivity index (χ1) is 9.92. The quantitative estimate of drug-likeness (QED) is 0.794. The third kappa shape index (κ3) is 1.28. The molecule has 1 atom stereocenters. The van der Waals surface area contributed by atoms with Gasteiger partial charge in [-0.05, 0) is 47.7 Å². The summed E-state index contributed by atoms with van der Waals surface area (Å²) in [4.78, 5) is 0. The Balaban J connectivity index is 1.90. The molecule has 3 nitrogen and oxygen atoms in total. The standard InChI is InChI=1S/C17H15NO2/c1-2-4-12-10(3-1)7-13-15-11(5-6-18-13)8-14-17(16(12)15)20-9-19-14/h1-4,8,13,18H,5-7,9H2/t13-/m1/s1. The van der Waals surface area contributed by atoms with Crippen LogP contribution < -0.4 is 14.8 Å². The first kappa shape index (κ1) is 10.7. The van der Waals surface area contributed by atoms with E-state index in [1.165, 1.54) is 27.8 Å². The second-order valence-corrected chi connectivity index (χ2v) is 5.68. The van der Waals surface area contributed by atoms with E-state index in [9.17, 15) is 0 Å². The van der Waals surface area contributed by atoms with Crippen molar-refractivity contribution >= 4 is 0 Å². The molecule has 0 saturated carbocycles. The van der Waals surface area contributed by atoms with Crippen LogP contribution >= 0.6 is 0 Å². The highest BCUT2D eigenvalue weighted by atomic mass is 16.7. The summed E-state index contributed by atoms with van der Waals surface area (Å²) in [5.74, 6) is 1.85. The summed E-state index contributed by atoms with van der Waals surface area (Å²) in [6.45, 7) is 1.38. The molecule has 2 heterocycles. The summed E-state index contributed by atoms with van der Waals surface area (Å²) in [5.41, 5.74) is 6.82. The fourth-order valence-electron chi connectivity index (χ4n) is 3.80. The van der Waals surface area contributed by atoms with Gasteiger partial charge in [0.25, 0.3) is 0 Å². The van der Waals surface area contributed by atoms with Crippen molar-refractivity contribution < 1.29 is 9.47 Å². The highest BCUT2D eigenvalue weighted by Crippen LogP contribution is 2.51. The number of nitrogens with one attached hydrogen (secondary N) is 1. The van der Waals surface area contributed by atoms with Crippen molar-refractivity contribution in [1.29, 1.82) is 0 Å². The number of benzene rings is 2. The van der Waals surface area contributed by atoms with Crippen LogP contribution in [0.15, 0.2) is 30.3 Å². The van der Waals surface area contributed by atoms with Crippen LogP contribution in [0.2, 0.25) is 0 Å².